The second-order valence-corrected chi connectivity index (χ2v) is 5.87. The van der Waals surface area contributed by atoms with Crippen LogP contribution in [0.2, 0.25) is 0 Å². The maximum atomic E-state index is 11.7. The number of Topliss-reactive ketones (excluding diaryl/α,β-unsaturated/α-hetero) is 1. The minimum absolute atomic E-state index is 0.0593. The first-order valence-corrected chi connectivity index (χ1v) is 8.21. The van der Waals surface area contributed by atoms with Gasteiger partial charge in [0.25, 0.3) is 0 Å². The van der Waals surface area contributed by atoms with Crippen LogP contribution in [-0.4, -0.2) is 49.2 Å². The highest BCUT2D eigenvalue weighted by Crippen LogP contribution is 2.38. The van der Waals surface area contributed by atoms with E-state index in [0.29, 0.717) is 43.1 Å². The maximum Gasteiger partial charge on any atom is 0.224 e. The number of carbonyl (C=O) groups is 2. The molecule has 25 heavy (non-hydrogen) atoms. The number of anilines is 1. The van der Waals surface area contributed by atoms with E-state index in [4.69, 9.17) is 9.47 Å². The SMILES string of the molecule is C=CCNCC(O)COc1ccc(OCC(C)=O)c2c1CCC(=O)N2. The summed E-state index contributed by atoms with van der Waals surface area (Å²) in [5.74, 6) is 0.823. The molecule has 0 aliphatic carbocycles. The summed E-state index contributed by atoms with van der Waals surface area (Å²) >= 11 is 0. The zero-order chi connectivity index (χ0) is 18.2. The predicted molar refractivity (Wildman–Crippen MR) is 94.1 cm³/mol. The predicted octanol–water partition coefficient (Wildman–Crippen LogP) is 1.05. The van der Waals surface area contributed by atoms with Gasteiger partial charge in [-0.05, 0) is 25.5 Å². The number of hydrogen-bond donors (Lipinski definition) is 3. The third-order valence-electron chi connectivity index (χ3n) is 3.63. The van der Waals surface area contributed by atoms with Gasteiger partial charge in [0.1, 0.15) is 30.8 Å². The molecule has 0 fully saturated rings. The lowest BCUT2D eigenvalue weighted by atomic mass is 10.0. The highest BCUT2D eigenvalue weighted by Gasteiger charge is 2.23. The van der Waals surface area contributed by atoms with E-state index in [1.165, 1.54) is 6.92 Å². The van der Waals surface area contributed by atoms with Gasteiger partial charge in [-0.15, -0.1) is 6.58 Å². The third kappa shape index (κ3) is 5.58. The van der Waals surface area contributed by atoms with Gasteiger partial charge in [0.15, 0.2) is 5.78 Å². The van der Waals surface area contributed by atoms with Gasteiger partial charge in [-0.2, -0.15) is 0 Å². The number of nitrogens with one attached hydrogen (secondary N) is 2. The van der Waals surface area contributed by atoms with Crippen LogP contribution in [0.15, 0.2) is 24.8 Å². The van der Waals surface area contributed by atoms with Crippen molar-refractivity contribution in [3.8, 4) is 11.5 Å². The number of carbonyl (C=O) groups excluding carboxylic acids is 2. The Labute approximate surface area is 147 Å². The maximum absolute atomic E-state index is 11.7. The summed E-state index contributed by atoms with van der Waals surface area (Å²) in [5, 5.41) is 15.7. The Kier molecular flexibility index (Phi) is 6.97. The van der Waals surface area contributed by atoms with Crippen LogP contribution in [0.5, 0.6) is 11.5 Å². The van der Waals surface area contributed by atoms with Crippen LogP contribution in [0.1, 0.15) is 18.9 Å². The number of benzene rings is 1. The molecule has 0 saturated heterocycles. The van der Waals surface area contributed by atoms with E-state index in [2.05, 4.69) is 17.2 Å². The fraction of sp³-hybridized carbons (Fsp3) is 0.444. The van der Waals surface area contributed by atoms with Crippen LogP contribution in [0.3, 0.4) is 0 Å². The lowest BCUT2D eigenvalue weighted by Crippen LogP contribution is -2.31. The van der Waals surface area contributed by atoms with Crippen molar-refractivity contribution < 1.29 is 24.2 Å². The molecule has 7 nitrogen and oxygen atoms in total. The Morgan fingerprint density at radius 3 is 2.88 bits per heavy atom. The van der Waals surface area contributed by atoms with Crippen molar-refractivity contribution in [2.45, 2.75) is 25.9 Å². The molecule has 2 rings (SSSR count). The number of rotatable bonds is 10. The quantitative estimate of drug-likeness (QED) is 0.432. The Morgan fingerprint density at radius 1 is 1.40 bits per heavy atom. The summed E-state index contributed by atoms with van der Waals surface area (Å²) in [7, 11) is 0. The Morgan fingerprint density at radius 2 is 2.16 bits per heavy atom. The van der Waals surface area contributed by atoms with Crippen molar-refractivity contribution in [1.82, 2.24) is 5.32 Å². The first-order chi connectivity index (χ1) is 12.0. The largest absolute Gasteiger partial charge is 0.490 e. The Bertz CT molecular complexity index is 645. The summed E-state index contributed by atoms with van der Waals surface area (Å²) < 4.78 is 11.2. The summed E-state index contributed by atoms with van der Waals surface area (Å²) in [5.41, 5.74) is 1.35. The smallest absolute Gasteiger partial charge is 0.224 e. The monoisotopic (exact) mass is 348 g/mol. The van der Waals surface area contributed by atoms with Gasteiger partial charge in [-0.1, -0.05) is 6.08 Å². The Balaban J connectivity index is 2.08. The Hall–Kier alpha value is -2.38. The molecule has 7 heteroatoms. The second kappa shape index (κ2) is 9.19. The van der Waals surface area contributed by atoms with Crippen molar-refractivity contribution in [3.05, 3.63) is 30.4 Å². The van der Waals surface area contributed by atoms with E-state index in [1.807, 2.05) is 0 Å². The van der Waals surface area contributed by atoms with Crippen LogP contribution < -0.4 is 20.1 Å². The van der Waals surface area contributed by atoms with Crippen LogP contribution >= 0.6 is 0 Å². The normalized spacial score (nSPS) is 14.2. The average Bonchev–Trinajstić information content (AvgIpc) is 2.58. The molecular formula is C18H24N2O5. The minimum Gasteiger partial charge on any atom is -0.490 e. The number of aliphatic hydroxyl groups is 1. The number of aliphatic hydroxyl groups excluding tert-OH is 1. The van der Waals surface area contributed by atoms with E-state index < -0.39 is 6.10 Å². The van der Waals surface area contributed by atoms with Gasteiger partial charge in [-0.3, -0.25) is 9.59 Å². The highest BCUT2D eigenvalue weighted by atomic mass is 16.5. The number of ketones is 1. The summed E-state index contributed by atoms with van der Waals surface area (Å²) in [6, 6.07) is 3.39. The van der Waals surface area contributed by atoms with E-state index in [1.54, 1.807) is 18.2 Å². The number of fused-ring (bicyclic) bond motifs is 1. The third-order valence-corrected chi connectivity index (χ3v) is 3.63. The molecule has 1 aliphatic heterocycles. The van der Waals surface area contributed by atoms with Crippen LogP contribution in [0.4, 0.5) is 5.69 Å². The molecule has 0 bridgehead atoms. The topological polar surface area (TPSA) is 96.9 Å². The standard InChI is InChI=1S/C18H24N2O5/c1-3-8-19-9-13(22)11-25-15-5-6-16(24-10-12(2)21)18-14(15)4-7-17(23)20-18/h3,5-6,13,19,22H,1,4,7-11H2,2H3,(H,20,23). The number of hydrogen-bond acceptors (Lipinski definition) is 6. The molecule has 1 aromatic rings. The van der Waals surface area contributed by atoms with Gasteiger partial charge in [0.2, 0.25) is 5.91 Å². The lowest BCUT2D eigenvalue weighted by Gasteiger charge is -2.23. The van der Waals surface area contributed by atoms with Crippen LogP contribution in [0, 0.1) is 0 Å². The van der Waals surface area contributed by atoms with E-state index in [-0.39, 0.29) is 24.9 Å². The fourth-order valence-electron chi connectivity index (χ4n) is 2.46. The zero-order valence-electron chi connectivity index (χ0n) is 14.3. The van der Waals surface area contributed by atoms with Crippen molar-refractivity contribution in [1.29, 1.82) is 0 Å². The van der Waals surface area contributed by atoms with Gasteiger partial charge in [-0.25, -0.2) is 0 Å². The molecule has 1 heterocycles. The molecule has 1 aliphatic rings. The summed E-state index contributed by atoms with van der Waals surface area (Å²) in [4.78, 5) is 22.8. The van der Waals surface area contributed by atoms with Gasteiger partial charge in [0, 0.05) is 25.1 Å². The van der Waals surface area contributed by atoms with Crippen molar-refractivity contribution in [2.24, 2.45) is 0 Å². The minimum atomic E-state index is -0.664. The van der Waals surface area contributed by atoms with E-state index in [9.17, 15) is 14.7 Å². The van der Waals surface area contributed by atoms with Gasteiger partial charge >= 0.3 is 0 Å². The van der Waals surface area contributed by atoms with Crippen molar-refractivity contribution in [2.75, 3.05) is 31.6 Å². The van der Waals surface area contributed by atoms with Gasteiger partial charge in [0.05, 0.1) is 5.69 Å². The van der Waals surface area contributed by atoms with E-state index in [0.717, 1.165) is 5.56 Å². The molecule has 0 radical (unpaired) electrons. The molecule has 0 aromatic heterocycles. The van der Waals surface area contributed by atoms with Crippen LogP contribution in [-0.2, 0) is 16.0 Å². The molecule has 1 unspecified atom stereocenters. The van der Waals surface area contributed by atoms with Crippen molar-refractivity contribution >= 4 is 17.4 Å². The lowest BCUT2D eigenvalue weighted by molar-refractivity contribution is -0.119. The zero-order valence-corrected chi connectivity index (χ0v) is 14.3. The first-order valence-electron chi connectivity index (χ1n) is 8.21. The number of ether oxygens (including phenoxy) is 2. The summed E-state index contributed by atoms with van der Waals surface area (Å²) in [6.07, 6.45) is 1.91. The molecule has 1 amide bonds. The first kappa shape index (κ1) is 19.0. The molecule has 0 spiro atoms. The van der Waals surface area contributed by atoms with Crippen LogP contribution in [0.25, 0.3) is 0 Å². The fourth-order valence-corrected chi connectivity index (χ4v) is 2.46. The van der Waals surface area contributed by atoms with Crippen molar-refractivity contribution in [3.63, 3.8) is 0 Å². The van der Waals surface area contributed by atoms with Gasteiger partial charge < -0.3 is 25.2 Å². The molecule has 1 aromatic carbocycles. The molecule has 1 atom stereocenters. The molecule has 136 valence electrons. The second-order valence-electron chi connectivity index (χ2n) is 5.87. The highest BCUT2D eigenvalue weighted by molar-refractivity contribution is 5.96. The molecular weight excluding hydrogens is 324 g/mol. The molecule has 0 saturated carbocycles. The molecule has 3 N–H and O–H groups in total. The number of amides is 1. The average molecular weight is 348 g/mol. The summed E-state index contributed by atoms with van der Waals surface area (Å²) in [6.45, 7) is 6.10. The van der Waals surface area contributed by atoms with E-state index >= 15 is 0 Å².